The van der Waals surface area contributed by atoms with E-state index in [9.17, 15) is 4.79 Å². The Kier molecular flexibility index (Phi) is 4.93. The Bertz CT molecular complexity index is 1510. The monoisotopic (exact) mass is 444 g/mol. The van der Waals surface area contributed by atoms with E-state index in [4.69, 9.17) is 0 Å². The molecule has 1 amide bonds. The van der Waals surface area contributed by atoms with E-state index in [2.05, 4.69) is 20.6 Å². The summed E-state index contributed by atoms with van der Waals surface area (Å²) < 4.78 is 33.7. The highest BCUT2D eigenvalue weighted by Gasteiger charge is 2.29. The molecule has 5 rings (SSSR count). The predicted octanol–water partition coefficient (Wildman–Crippen LogP) is 4.64. The van der Waals surface area contributed by atoms with Crippen molar-refractivity contribution in [2.45, 2.75) is 6.92 Å². The van der Waals surface area contributed by atoms with Gasteiger partial charge in [-0.1, -0.05) is 30.3 Å². The van der Waals surface area contributed by atoms with E-state index >= 15 is 8.78 Å². The Balaban J connectivity index is 1.83. The predicted molar refractivity (Wildman–Crippen MR) is 120 cm³/mol. The van der Waals surface area contributed by atoms with E-state index in [1.807, 2.05) is 6.07 Å². The molecule has 0 atom stereocenters. The van der Waals surface area contributed by atoms with Gasteiger partial charge in [-0.25, -0.2) is 8.78 Å². The lowest BCUT2D eigenvalue weighted by Gasteiger charge is -2.20. The minimum atomic E-state index is -1.22. The van der Waals surface area contributed by atoms with E-state index in [-0.39, 0.29) is 11.1 Å². The topological polar surface area (TPSA) is 77.1 Å². The summed E-state index contributed by atoms with van der Waals surface area (Å²) in [5.74, 6) is -2.73. The van der Waals surface area contributed by atoms with Crippen molar-refractivity contribution in [2.24, 2.45) is 7.05 Å². The summed E-state index contributed by atoms with van der Waals surface area (Å²) in [5.41, 5.74) is 2.06. The zero-order chi connectivity index (χ0) is 23.1. The molecule has 164 valence electrons. The van der Waals surface area contributed by atoms with Gasteiger partial charge in [-0.15, -0.1) is 10.2 Å². The number of aryl methyl sites for hydroxylation is 1. The highest BCUT2D eigenvalue weighted by atomic mass is 19.2. The van der Waals surface area contributed by atoms with Crippen molar-refractivity contribution >= 4 is 17.4 Å². The zero-order valence-corrected chi connectivity index (χ0v) is 17.8. The van der Waals surface area contributed by atoms with Crippen LogP contribution in [0, 0.1) is 18.6 Å². The van der Waals surface area contributed by atoms with Crippen molar-refractivity contribution < 1.29 is 13.6 Å². The molecule has 33 heavy (non-hydrogen) atoms. The molecule has 5 aromatic rings. The first-order chi connectivity index (χ1) is 16.0. The van der Waals surface area contributed by atoms with E-state index in [0.29, 0.717) is 28.2 Å². The van der Waals surface area contributed by atoms with Gasteiger partial charge in [0.05, 0.1) is 11.8 Å². The number of rotatable bonds is 4. The van der Waals surface area contributed by atoms with Crippen LogP contribution in [0.1, 0.15) is 15.9 Å². The number of anilines is 1. The number of carbonyl (C=O) groups is 1. The first kappa shape index (κ1) is 20.5. The number of pyridine rings is 1. The highest BCUT2D eigenvalue weighted by molar-refractivity contribution is 6.11. The molecule has 0 saturated carbocycles. The quantitative estimate of drug-likeness (QED) is 0.438. The van der Waals surface area contributed by atoms with Crippen LogP contribution >= 0.6 is 0 Å². The van der Waals surface area contributed by atoms with Crippen molar-refractivity contribution in [3.8, 4) is 22.3 Å². The highest BCUT2D eigenvalue weighted by Crippen LogP contribution is 2.41. The van der Waals surface area contributed by atoms with Crippen LogP contribution in [0.4, 0.5) is 14.6 Å². The van der Waals surface area contributed by atoms with Crippen molar-refractivity contribution in [3.63, 3.8) is 0 Å². The Morgan fingerprint density at radius 3 is 2.52 bits per heavy atom. The summed E-state index contributed by atoms with van der Waals surface area (Å²) in [6.45, 7) is 1.50. The van der Waals surface area contributed by atoms with Gasteiger partial charge in [-0.2, -0.15) is 5.10 Å². The Morgan fingerprint density at radius 1 is 1.00 bits per heavy atom. The summed E-state index contributed by atoms with van der Waals surface area (Å²) in [6, 6.07) is 14.0. The van der Waals surface area contributed by atoms with E-state index in [1.165, 1.54) is 24.1 Å². The van der Waals surface area contributed by atoms with Gasteiger partial charge in [0.25, 0.3) is 5.91 Å². The molecule has 3 aromatic heterocycles. The summed E-state index contributed by atoms with van der Waals surface area (Å²) in [4.78, 5) is 13.3. The normalized spacial score (nSPS) is 11.2. The molecule has 0 aliphatic heterocycles. The Morgan fingerprint density at radius 2 is 1.79 bits per heavy atom. The molecular weight excluding hydrogens is 426 g/mol. The van der Waals surface area contributed by atoms with Crippen LogP contribution in [-0.4, -0.2) is 30.3 Å². The number of nitrogens with zero attached hydrogens (tertiary/aromatic N) is 5. The molecule has 0 spiro atoms. The lowest BCUT2D eigenvalue weighted by Crippen LogP contribution is -2.19. The fraction of sp³-hybridized carbons (Fsp3) is 0.0833. The smallest absolute Gasteiger partial charge is 0.260 e. The first-order valence-corrected chi connectivity index (χ1v) is 10.1. The third kappa shape index (κ3) is 3.43. The largest absolute Gasteiger partial charge is 0.307 e. The van der Waals surface area contributed by atoms with Gasteiger partial charge < -0.3 is 5.32 Å². The lowest BCUT2D eigenvalue weighted by atomic mass is 9.86. The first-order valence-electron chi connectivity index (χ1n) is 10.1. The van der Waals surface area contributed by atoms with Crippen LogP contribution in [0.25, 0.3) is 27.9 Å². The second-order valence-corrected chi connectivity index (χ2v) is 7.55. The minimum Gasteiger partial charge on any atom is -0.307 e. The molecule has 0 fully saturated rings. The van der Waals surface area contributed by atoms with Crippen LogP contribution in [-0.2, 0) is 7.05 Å². The molecule has 0 aliphatic rings. The third-order valence-corrected chi connectivity index (χ3v) is 5.56. The maximum Gasteiger partial charge on any atom is 0.260 e. The molecule has 1 N–H and O–H groups in total. The summed E-state index contributed by atoms with van der Waals surface area (Å²) in [6.07, 6.45) is 4.74. The SMILES string of the molecule is Cc1c(F)c(F)c(C(=O)Nc2ccnn2C)c(-c2ccn3cnnc3c2)c1-c1ccccc1. The van der Waals surface area contributed by atoms with Gasteiger partial charge in [0, 0.05) is 24.9 Å². The second kappa shape index (κ2) is 7.94. The number of hydrogen-bond acceptors (Lipinski definition) is 4. The Labute approximate surface area is 187 Å². The van der Waals surface area contributed by atoms with Crippen LogP contribution in [0.15, 0.2) is 67.3 Å². The van der Waals surface area contributed by atoms with E-state index < -0.39 is 23.1 Å². The molecule has 9 heteroatoms. The van der Waals surface area contributed by atoms with Crippen LogP contribution in [0.5, 0.6) is 0 Å². The van der Waals surface area contributed by atoms with Crippen molar-refractivity contribution in [1.29, 1.82) is 0 Å². The van der Waals surface area contributed by atoms with Crippen molar-refractivity contribution in [2.75, 3.05) is 5.32 Å². The summed E-state index contributed by atoms with van der Waals surface area (Å²) in [5, 5.41) is 14.6. The summed E-state index contributed by atoms with van der Waals surface area (Å²) in [7, 11) is 1.64. The van der Waals surface area contributed by atoms with Gasteiger partial charge in [-0.3, -0.25) is 13.9 Å². The average Bonchev–Trinajstić information content (AvgIpc) is 3.46. The molecule has 0 bridgehead atoms. The molecule has 0 radical (unpaired) electrons. The molecule has 0 unspecified atom stereocenters. The molecule has 2 aromatic carbocycles. The Hall–Kier alpha value is -4.40. The van der Waals surface area contributed by atoms with Gasteiger partial charge in [0.2, 0.25) is 0 Å². The number of aromatic nitrogens is 5. The fourth-order valence-electron chi connectivity index (χ4n) is 3.92. The van der Waals surface area contributed by atoms with Crippen LogP contribution < -0.4 is 5.32 Å². The minimum absolute atomic E-state index is 0.104. The second-order valence-electron chi connectivity index (χ2n) is 7.55. The van der Waals surface area contributed by atoms with Gasteiger partial charge in [0.15, 0.2) is 17.3 Å². The number of benzene rings is 2. The number of fused-ring (bicyclic) bond motifs is 1. The lowest BCUT2D eigenvalue weighted by molar-refractivity contribution is 0.102. The summed E-state index contributed by atoms with van der Waals surface area (Å²) >= 11 is 0. The molecule has 7 nitrogen and oxygen atoms in total. The van der Waals surface area contributed by atoms with Gasteiger partial charge >= 0.3 is 0 Å². The standard InChI is InChI=1S/C24H18F2N6O/c1-14-19(15-6-4-3-5-7-15)20(16-9-11-32-13-27-30-18(32)12-16)21(23(26)22(14)25)24(33)29-17-8-10-28-31(17)2/h3-13H,1-2H3,(H,29,33). The van der Waals surface area contributed by atoms with Crippen molar-refractivity contribution in [1.82, 2.24) is 24.4 Å². The maximum atomic E-state index is 15.4. The third-order valence-electron chi connectivity index (χ3n) is 5.56. The van der Waals surface area contributed by atoms with Crippen molar-refractivity contribution in [3.05, 3.63) is 90.0 Å². The maximum absolute atomic E-state index is 15.4. The van der Waals surface area contributed by atoms with E-state index in [0.717, 1.165) is 0 Å². The fourth-order valence-corrected chi connectivity index (χ4v) is 3.92. The van der Waals surface area contributed by atoms with Crippen LogP contribution in [0.3, 0.4) is 0 Å². The van der Waals surface area contributed by atoms with Gasteiger partial charge in [-0.05, 0) is 41.3 Å². The molecule has 0 aliphatic carbocycles. The van der Waals surface area contributed by atoms with Crippen LogP contribution in [0.2, 0.25) is 0 Å². The number of halogens is 2. The number of carbonyl (C=O) groups excluding carboxylic acids is 1. The van der Waals surface area contributed by atoms with Gasteiger partial charge in [0.1, 0.15) is 12.1 Å². The average molecular weight is 444 g/mol. The molecule has 0 saturated heterocycles. The number of nitrogens with one attached hydrogen (secondary N) is 1. The molecule has 3 heterocycles. The van der Waals surface area contributed by atoms with E-state index in [1.54, 1.807) is 60.1 Å². The zero-order valence-electron chi connectivity index (χ0n) is 17.8. The number of hydrogen-bond donors (Lipinski definition) is 1. The number of amides is 1. The molecular formula is C24H18F2N6O.